The first-order chi connectivity index (χ1) is 19.1. The minimum atomic E-state index is -0.306. The van der Waals surface area contributed by atoms with Gasteiger partial charge in [0.05, 0.1) is 35.6 Å². The van der Waals surface area contributed by atoms with Crippen molar-refractivity contribution in [3.63, 3.8) is 0 Å². The molecule has 0 atom stereocenters. The van der Waals surface area contributed by atoms with Gasteiger partial charge in [-0.25, -0.2) is 9.78 Å². The quantitative estimate of drug-likeness (QED) is 0.237. The molecule has 9 heteroatoms. The SMILES string of the molecule is CCOC(=O)c1ccc2nc(N(Cc3cc(OCC)c(-n4cccc4)c(OCC)c3)C3CCNCC3)sc2c1. The Kier molecular flexibility index (Phi) is 8.68. The Balaban J connectivity index is 1.54. The predicted molar refractivity (Wildman–Crippen MR) is 156 cm³/mol. The number of carbonyl (C=O) groups is 1. The van der Waals surface area contributed by atoms with E-state index in [9.17, 15) is 4.79 Å². The molecule has 8 nitrogen and oxygen atoms in total. The number of anilines is 1. The fourth-order valence-electron chi connectivity index (χ4n) is 5.04. The number of hydrogen-bond acceptors (Lipinski definition) is 8. The van der Waals surface area contributed by atoms with Gasteiger partial charge in [0, 0.05) is 25.0 Å². The number of aromatic nitrogens is 2. The van der Waals surface area contributed by atoms with Crippen LogP contribution in [0.25, 0.3) is 15.9 Å². The third-order valence-electron chi connectivity index (χ3n) is 6.80. The van der Waals surface area contributed by atoms with Gasteiger partial charge in [0.15, 0.2) is 5.13 Å². The van der Waals surface area contributed by atoms with Crippen LogP contribution in [0.4, 0.5) is 5.13 Å². The van der Waals surface area contributed by atoms with E-state index in [0.717, 1.165) is 64.0 Å². The summed E-state index contributed by atoms with van der Waals surface area (Å²) in [6.07, 6.45) is 6.07. The highest BCUT2D eigenvalue weighted by Gasteiger charge is 2.26. The molecule has 0 bridgehead atoms. The molecule has 1 N–H and O–H groups in total. The van der Waals surface area contributed by atoms with Crippen molar-refractivity contribution in [1.29, 1.82) is 0 Å². The van der Waals surface area contributed by atoms with Crippen molar-refractivity contribution in [3.8, 4) is 17.2 Å². The van der Waals surface area contributed by atoms with Gasteiger partial charge in [-0.15, -0.1) is 0 Å². The highest BCUT2D eigenvalue weighted by atomic mass is 32.1. The zero-order chi connectivity index (χ0) is 27.2. The number of nitrogens with zero attached hydrogens (tertiary/aromatic N) is 3. The van der Waals surface area contributed by atoms with E-state index in [1.54, 1.807) is 17.4 Å². The molecule has 0 unspecified atom stereocenters. The standard InChI is InChI=1S/C30H36N4O4S/c1-4-36-25-17-21(18-26(37-5-2)28(25)33-15-7-8-16-33)20-34(23-11-13-31-14-12-23)30-32-24-10-9-22(19-27(24)39-30)29(35)38-6-3/h7-10,15-19,23,31H,4-6,11-14,20H2,1-3H3. The minimum absolute atomic E-state index is 0.306. The lowest BCUT2D eigenvalue weighted by molar-refractivity contribution is 0.0526. The molecule has 0 amide bonds. The normalized spacial score (nSPS) is 13.9. The molecule has 0 aliphatic carbocycles. The van der Waals surface area contributed by atoms with E-state index in [4.69, 9.17) is 19.2 Å². The Morgan fingerprint density at radius 1 is 1.03 bits per heavy atom. The van der Waals surface area contributed by atoms with Crippen LogP contribution in [0.2, 0.25) is 0 Å². The maximum Gasteiger partial charge on any atom is 0.338 e. The summed E-state index contributed by atoms with van der Waals surface area (Å²) < 4.78 is 20.5. The lowest BCUT2D eigenvalue weighted by Gasteiger charge is -2.35. The van der Waals surface area contributed by atoms with Gasteiger partial charge in [-0.3, -0.25) is 0 Å². The second-order valence-corrected chi connectivity index (χ2v) is 10.4. The summed E-state index contributed by atoms with van der Waals surface area (Å²) in [7, 11) is 0. The van der Waals surface area contributed by atoms with Crippen molar-refractivity contribution >= 4 is 32.7 Å². The van der Waals surface area contributed by atoms with Crippen molar-refractivity contribution < 1.29 is 19.0 Å². The van der Waals surface area contributed by atoms with E-state index in [-0.39, 0.29) is 5.97 Å². The zero-order valence-electron chi connectivity index (χ0n) is 22.8. The molecule has 206 valence electrons. The van der Waals surface area contributed by atoms with Gasteiger partial charge in [0.1, 0.15) is 17.2 Å². The molecule has 4 aromatic rings. The van der Waals surface area contributed by atoms with Crippen molar-refractivity contribution in [2.45, 2.75) is 46.2 Å². The second kappa shape index (κ2) is 12.5. The smallest absolute Gasteiger partial charge is 0.338 e. The number of thiazole rings is 1. The fourth-order valence-corrected chi connectivity index (χ4v) is 6.12. The fraction of sp³-hybridized carbons (Fsp3) is 0.400. The van der Waals surface area contributed by atoms with E-state index < -0.39 is 0 Å². The topological polar surface area (TPSA) is 77.8 Å². The summed E-state index contributed by atoms with van der Waals surface area (Å²) in [5.41, 5.74) is 3.45. The van der Waals surface area contributed by atoms with Gasteiger partial charge in [0.25, 0.3) is 0 Å². The molecule has 5 rings (SSSR count). The summed E-state index contributed by atoms with van der Waals surface area (Å²) in [6.45, 7) is 9.90. The molecule has 1 aliphatic heterocycles. The molecule has 1 aliphatic rings. The summed E-state index contributed by atoms with van der Waals surface area (Å²) in [5, 5.41) is 4.43. The van der Waals surface area contributed by atoms with E-state index in [1.807, 2.05) is 62.0 Å². The molecular formula is C30H36N4O4S. The number of piperidine rings is 1. The highest BCUT2D eigenvalue weighted by Crippen LogP contribution is 2.38. The average Bonchev–Trinajstić information content (AvgIpc) is 3.62. The van der Waals surface area contributed by atoms with Crippen LogP contribution < -0.4 is 19.7 Å². The molecular weight excluding hydrogens is 512 g/mol. The lowest BCUT2D eigenvalue weighted by Crippen LogP contribution is -2.43. The van der Waals surface area contributed by atoms with Gasteiger partial charge in [-0.2, -0.15) is 0 Å². The summed E-state index contributed by atoms with van der Waals surface area (Å²) in [5.74, 6) is 1.28. The summed E-state index contributed by atoms with van der Waals surface area (Å²) in [6, 6.07) is 14.2. The number of rotatable bonds is 11. The molecule has 39 heavy (non-hydrogen) atoms. The maximum atomic E-state index is 12.3. The second-order valence-electron chi connectivity index (χ2n) is 9.41. The van der Waals surface area contributed by atoms with Crippen molar-refractivity contribution in [1.82, 2.24) is 14.9 Å². The number of fused-ring (bicyclic) bond motifs is 1. The van der Waals surface area contributed by atoms with Crippen LogP contribution >= 0.6 is 11.3 Å². The van der Waals surface area contributed by atoms with Crippen LogP contribution in [0.5, 0.6) is 11.5 Å². The van der Waals surface area contributed by atoms with Gasteiger partial charge in [-0.1, -0.05) is 11.3 Å². The Hall–Kier alpha value is -3.56. The van der Waals surface area contributed by atoms with Crippen molar-refractivity contribution in [3.05, 3.63) is 66.0 Å². The van der Waals surface area contributed by atoms with E-state index in [1.165, 1.54) is 0 Å². The van der Waals surface area contributed by atoms with Crippen LogP contribution in [-0.4, -0.2) is 54.5 Å². The average molecular weight is 549 g/mol. The van der Waals surface area contributed by atoms with Crippen LogP contribution in [-0.2, 0) is 11.3 Å². The number of hydrogen-bond donors (Lipinski definition) is 1. The summed E-state index contributed by atoms with van der Waals surface area (Å²) in [4.78, 5) is 19.7. The minimum Gasteiger partial charge on any atom is -0.492 e. The van der Waals surface area contributed by atoms with Crippen LogP contribution in [0, 0.1) is 0 Å². The molecule has 1 saturated heterocycles. The van der Waals surface area contributed by atoms with Crippen LogP contribution in [0.15, 0.2) is 54.9 Å². The molecule has 3 heterocycles. The zero-order valence-corrected chi connectivity index (χ0v) is 23.6. The third kappa shape index (κ3) is 6.04. The van der Waals surface area contributed by atoms with Crippen LogP contribution in [0.3, 0.4) is 0 Å². The first-order valence-electron chi connectivity index (χ1n) is 13.7. The lowest BCUT2D eigenvalue weighted by atomic mass is 10.0. The molecule has 2 aromatic heterocycles. The third-order valence-corrected chi connectivity index (χ3v) is 7.85. The van der Waals surface area contributed by atoms with E-state index >= 15 is 0 Å². The number of benzene rings is 2. The maximum absolute atomic E-state index is 12.3. The molecule has 0 saturated carbocycles. The first kappa shape index (κ1) is 27.0. The Labute approximate surface area is 233 Å². The van der Waals surface area contributed by atoms with Crippen LogP contribution in [0.1, 0.15) is 49.5 Å². The Morgan fingerprint density at radius 2 is 1.72 bits per heavy atom. The van der Waals surface area contributed by atoms with Gasteiger partial charge >= 0.3 is 5.97 Å². The predicted octanol–water partition coefficient (Wildman–Crippen LogP) is 5.82. The highest BCUT2D eigenvalue weighted by molar-refractivity contribution is 7.22. The van der Waals surface area contributed by atoms with Crippen molar-refractivity contribution in [2.75, 3.05) is 37.8 Å². The van der Waals surface area contributed by atoms with Crippen molar-refractivity contribution in [2.24, 2.45) is 0 Å². The number of ether oxygens (including phenoxy) is 3. The largest absolute Gasteiger partial charge is 0.492 e. The number of carbonyl (C=O) groups excluding carboxylic acids is 1. The molecule has 1 fully saturated rings. The Morgan fingerprint density at radius 3 is 2.36 bits per heavy atom. The number of esters is 1. The monoisotopic (exact) mass is 548 g/mol. The molecule has 0 radical (unpaired) electrons. The molecule has 0 spiro atoms. The summed E-state index contributed by atoms with van der Waals surface area (Å²) >= 11 is 1.62. The van der Waals surface area contributed by atoms with E-state index in [2.05, 4.69) is 22.3 Å². The molecule has 2 aromatic carbocycles. The Bertz CT molecular complexity index is 1370. The first-order valence-corrected chi connectivity index (χ1v) is 14.5. The van der Waals surface area contributed by atoms with Gasteiger partial charge < -0.3 is 29.0 Å². The number of nitrogens with one attached hydrogen (secondary N) is 1. The van der Waals surface area contributed by atoms with Gasteiger partial charge in [-0.05, 0) is 94.7 Å². The van der Waals surface area contributed by atoms with Gasteiger partial charge in [0.2, 0.25) is 0 Å². The van der Waals surface area contributed by atoms with E-state index in [0.29, 0.717) is 38.0 Å².